The van der Waals surface area contributed by atoms with E-state index >= 15 is 0 Å². The molecule has 0 aliphatic carbocycles. The van der Waals surface area contributed by atoms with Crippen LogP contribution in [0.2, 0.25) is 0 Å². The van der Waals surface area contributed by atoms with Gasteiger partial charge >= 0.3 is 0 Å². The molecular formula is C11H19NS. The molecule has 74 valence electrons. The monoisotopic (exact) mass is 197 g/mol. The molecule has 0 fully saturated rings. The minimum atomic E-state index is 0.500. The normalized spacial score (nSPS) is 11.7. The summed E-state index contributed by atoms with van der Waals surface area (Å²) in [6.45, 7) is 10.9. The lowest BCUT2D eigenvalue weighted by atomic mass is 10.1. The number of thiol groups is 1. The number of rotatable bonds is 2. The maximum atomic E-state index is 4.57. The van der Waals surface area contributed by atoms with E-state index in [0.717, 1.165) is 5.03 Å². The lowest BCUT2D eigenvalue weighted by Gasteiger charge is -2.13. The van der Waals surface area contributed by atoms with Crippen LogP contribution in [-0.2, 0) is 0 Å². The fourth-order valence-corrected chi connectivity index (χ4v) is 2.45. The van der Waals surface area contributed by atoms with Gasteiger partial charge in [0.2, 0.25) is 0 Å². The molecule has 0 aromatic carbocycles. The van der Waals surface area contributed by atoms with Crippen molar-refractivity contribution >= 4 is 12.6 Å². The minimum Gasteiger partial charge on any atom is -0.338 e. The Bertz CT molecular complexity index is 297. The van der Waals surface area contributed by atoms with Crippen LogP contribution >= 0.6 is 12.6 Å². The van der Waals surface area contributed by atoms with Crippen LogP contribution in [0.4, 0.5) is 0 Å². The molecule has 0 saturated heterocycles. The molecule has 0 amide bonds. The Morgan fingerprint density at radius 2 is 1.77 bits per heavy atom. The molecule has 2 heteroatoms. The summed E-state index contributed by atoms with van der Waals surface area (Å²) in [5, 5.41) is 1.13. The first-order valence-corrected chi connectivity index (χ1v) is 5.30. The number of aryl methyl sites for hydroxylation is 1. The van der Waals surface area contributed by atoms with Crippen molar-refractivity contribution in [2.45, 2.75) is 51.6 Å². The molecule has 0 saturated carbocycles. The van der Waals surface area contributed by atoms with Crippen LogP contribution in [0.3, 0.4) is 0 Å². The van der Waals surface area contributed by atoms with Gasteiger partial charge in [0.1, 0.15) is 0 Å². The van der Waals surface area contributed by atoms with Crippen LogP contribution in [0.5, 0.6) is 0 Å². The highest BCUT2D eigenvalue weighted by Gasteiger charge is 2.13. The fraction of sp³-hybridized carbons (Fsp3) is 0.636. The molecule has 1 rings (SSSR count). The highest BCUT2D eigenvalue weighted by Crippen LogP contribution is 2.29. The second-order valence-corrected chi connectivity index (χ2v) is 4.61. The molecule has 0 spiro atoms. The first-order valence-electron chi connectivity index (χ1n) is 4.85. The Morgan fingerprint density at radius 1 is 1.23 bits per heavy atom. The number of aromatic nitrogens is 1. The topological polar surface area (TPSA) is 4.93 Å². The molecule has 1 nitrogen and oxygen atoms in total. The number of hydrogen-bond acceptors (Lipinski definition) is 1. The van der Waals surface area contributed by atoms with Gasteiger partial charge in [-0.1, -0.05) is 13.8 Å². The molecule has 1 heterocycles. The first kappa shape index (κ1) is 10.7. The predicted molar refractivity (Wildman–Crippen MR) is 60.9 cm³/mol. The average molecular weight is 197 g/mol. The quantitative estimate of drug-likeness (QED) is 0.688. The molecule has 0 unspecified atom stereocenters. The summed E-state index contributed by atoms with van der Waals surface area (Å²) in [5.41, 5.74) is 2.67. The average Bonchev–Trinajstić information content (AvgIpc) is 2.26. The lowest BCUT2D eigenvalue weighted by Crippen LogP contribution is -2.03. The molecule has 0 N–H and O–H groups in total. The van der Waals surface area contributed by atoms with Crippen LogP contribution in [0.15, 0.2) is 11.1 Å². The van der Waals surface area contributed by atoms with E-state index in [-0.39, 0.29) is 0 Å². The minimum absolute atomic E-state index is 0.500. The number of hydrogen-bond donors (Lipinski definition) is 1. The van der Waals surface area contributed by atoms with E-state index in [1.165, 1.54) is 11.3 Å². The van der Waals surface area contributed by atoms with Gasteiger partial charge in [0.05, 0.1) is 5.03 Å². The van der Waals surface area contributed by atoms with E-state index in [1.807, 2.05) is 0 Å². The Morgan fingerprint density at radius 3 is 2.00 bits per heavy atom. The highest BCUT2D eigenvalue weighted by molar-refractivity contribution is 7.80. The Balaban J connectivity index is 3.22. The molecule has 0 aliphatic heterocycles. The summed E-state index contributed by atoms with van der Waals surface area (Å²) in [5.74, 6) is 0.561. The van der Waals surface area contributed by atoms with Crippen molar-refractivity contribution in [3.8, 4) is 0 Å². The van der Waals surface area contributed by atoms with Crippen LogP contribution in [-0.4, -0.2) is 4.57 Å². The molecule has 0 aliphatic rings. The smallest absolute Gasteiger partial charge is 0.0756 e. The van der Waals surface area contributed by atoms with E-state index in [0.29, 0.717) is 12.0 Å². The molecule has 13 heavy (non-hydrogen) atoms. The zero-order chi connectivity index (χ0) is 10.2. The van der Waals surface area contributed by atoms with Gasteiger partial charge in [-0.15, -0.1) is 12.6 Å². The molecule has 1 aromatic rings. The Labute approximate surface area is 86.6 Å². The van der Waals surface area contributed by atoms with Crippen molar-refractivity contribution in [1.29, 1.82) is 0 Å². The van der Waals surface area contributed by atoms with Crippen molar-refractivity contribution in [3.05, 3.63) is 17.3 Å². The van der Waals surface area contributed by atoms with Gasteiger partial charge in [-0.3, -0.25) is 0 Å². The molecule has 0 atom stereocenters. The van der Waals surface area contributed by atoms with Gasteiger partial charge in [-0.05, 0) is 38.3 Å². The van der Waals surface area contributed by atoms with E-state index in [1.54, 1.807) is 0 Å². The summed E-state index contributed by atoms with van der Waals surface area (Å²) in [6.07, 6.45) is 0. The van der Waals surface area contributed by atoms with Crippen molar-refractivity contribution in [2.75, 3.05) is 0 Å². The van der Waals surface area contributed by atoms with Gasteiger partial charge in [0, 0.05) is 11.7 Å². The van der Waals surface area contributed by atoms with Crippen LogP contribution < -0.4 is 0 Å². The van der Waals surface area contributed by atoms with Crippen molar-refractivity contribution in [1.82, 2.24) is 4.57 Å². The second kappa shape index (κ2) is 3.79. The van der Waals surface area contributed by atoms with Gasteiger partial charge in [-0.25, -0.2) is 0 Å². The third kappa shape index (κ3) is 1.93. The van der Waals surface area contributed by atoms with Gasteiger partial charge in [-0.2, -0.15) is 0 Å². The van der Waals surface area contributed by atoms with E-state index in [4.69, 9.17) is 0 Å². The molecule has 0 bridgehead atoms. The summed E-state index contributed by atoms with van der Waals surface area (Å²) >= 11 is 4.57. The van der Waals surface area contributed by atoms with Crippen molar-refractivity contribution < 1.29 is 0 Å². The third-order valence-corrected chi connectivity index (χ3v) is 2.84. The zero-order valence-corrected chi connectivity index (χ0v) is 10.0. The van der Waals surface area contributed by atoms with E-state index in [9.17, 15) is 0 Å². The van der Waals surface area contributed by atoms with Crippen molar-refractivity contribution in [2.24, 2.45) is 0 Å². The predicted octanol–water partition coefficient (Wildman–Crippen LogP) is 3.79. The Hall–Kier alpha value is -0.370. The summed E-state index contributed by atoms with van der Waals surface area (Å²) in [6, 6.07) is 2.74. The van der Waals surface area contributed by atoms with Gasteiger partial charge in [0.25, 0.3) is 0 Å². The zero-order valence-electron chi connectivity index (χ0n) is 9.13. The summed E-state index contributed by atoms with van der Waals surface area (Å²) < 4.78 is 2.28. The van der Waals surface area contributed by atoms with Gasteiger partial charge in [0.15, 0.2) is 0 Å². The molecule has 1 aromatic heterocycles. The summed E-state index contributed by atoms with van der Waals surface area (Å²) in [7, 11) is 0. The van der Waals surface area contributed by atoms with Crippen LogP contribution in [0.25, 0.3) is 0 Å². The maximum absolute atomic E-state index is 4.57. The largest absolute Gasteiger partial charge is 0.338 e. The second-order valence-electron chi connectivity index (χ2n) is 4.18. The standard InChI is InChI=1S/C11H19NS/c1-7(2)10-6-9(5)12(8(3)4)11(10)13/h6-8,13H,1-5H3. The SMILES string of the molecule is Cc1cc(C(C)C)c(S)n1C(C)C. The van der Waals surface area contributed by atoms with Crippen LogP contribution in [0, 0.1) is 6.92 Å². The third-order valence-electron chi connectivity index (χ3n) is 2.37. The Kier molecular flexibility index (Phi) is 3.12. The highest BCUT2D eigenvalue weighted by atomic mass is 32.1. The molecule has 0 radical (unpaired) electrons. The fourth-order valence-electron chi connectivity index (χ4n) is 1.74. The molecular weight excluding hydrogens is 178 g/mol. The lowest BCUT2D eigenvalue weighted by molar-refractivity contribution is 0.543. The van der Waals surface area contributed by atoms with E-state index < -0.39 is 0 Å². The van der Waals surface area contributed by atoms with Crippen LogP contribution in [0.1, 0.15) is 50.9 Å². The van der Waals surface area contributed by atoms with E-state index in [2.05, 4.69) is 57.9 Å². The van der Waals surface area contributed by atoms with Gasteiger partial charge < -0.3 is 4.57 Å². The maximum Gasteiger partial charge on any atom is 0.0756 e. The first-order chi connectivity index (χ1) is 5.95. The summed E-state index contributed by atoms with van der Waals surface area (Å²) in [4.78, 5) is 0. The number of nitrogens with zero attached hydrogens (tertiary/aromatic N) is 1. The van der Waals surface area contributed by atoms with Crippen molar-refractivity contribution in [3.63, 3.8) is 0 Å².